The summed E-state index contributed by atoms with van der Waals surface area (Å²) in [5, 5.41) is 9.35. The van der Waals surface area contributed by atoms with Crippen molar-refractivity contribution < 1.29 is 9.59 Å². The minimum atomic E-state index is -0.141. The summed E-state index contributed by atoms with van der Waals surface area (Å²) < 4.78 is 0. The molecule has 0 spiro atoms. The van der Waals surface area contributed by atoms with Gasteiger partial charge in [0.05, 0.1) is 0 Å². The number of nitrogens with zero attached hydrogens (tertiary/aromatic N) is 1. The van der Waals surface area contributed by atoms with E-state index in [0.717, 1.165) is 22.6 Å². The van der Waals surface area contributed by atoms with Gasteiger partial charge in [-0.3, -0.25) is 9.59 Å². The number of hydrogen-bond donors (Lipinski definition) is 3. The van der Waals surface area contributed by atoms with Crippen LogP contribution in [0.4, 0.5) is 5.82 Å². The molecule has 1 aromatic heterocycles. The molecule has 3 N–H and O–H groups in total. The largest absolute Gasteiger partial charge is 0.348 e. The lowest BCUT2D eigenvalue weighted by atomic mass is 9.95. The van der Waals surface area contributed by atoms with Gasteiger partial charge in [0.1, 0.15) is 5.82 Å². The average molecular weight is 382 g/mol. The van der Waals surface area contributed by atoms with Gasteiger partial charge in [-0.2, -0.15) is 0 Å². The van der Waals surface area contributed by atoms with Crippen LogP contribution < -0.4 is 16.0 Å². The highest BCUT2D eigenvalue weighted by molar-refractivity contribution is 7.99. The first-order chi connectivity index (χ1) is 13.1. The van der Waals surface area contributed by atoms with Gasteiger partial charge in [-0.15, -0.1) is 0 Å². The normalized spacial score (nSPS) is 23.2. The molecule has 2 aliphatic heterocycles. The van der Waals surface area contributed by atoms with E-state index in [-0.39, 0.29) is 17.9 Å². The smallest absolute Gasteiger partial charge is 0.251 e. The number of aromatic nitrogens is 1. The van der Waals surface area contributed by atoms with Crippen LogP contribution >= 0.6 is 11.8 Å². The van der Waals surface area contributed by atoms with Crippen molar-refractivity contribution in [1.82, 2.24) is 15.6 Å². The summed E-state index contributed by atoms with van der Waals surface area (Å²) in [4.78, 5) is 29.7. The highest BCUT2D eigenvalue weighted by Crippen LogP contribution is 2.29. The number of rotatable bonds is 5. The maximum absolute atomic E-state index is 12.5. The van der Waals surface area contributed by atoms with Crippen LogP contribution in [0.3, 0.4) is 0 Å². The highest BCUT2D eigenvalue weighted by atomic mass is 32.2. The van der Waals surface area contributed by atoms with Gasteiger partial charge in [0.25, 0.3) is 5.91 Å². The summed E-state index contributed by atoms with van der Waals surface area (Å²) in [5.41, 5.74) is 0.682. The molecule has 6 nitrogen and oxygen atoms in total. The molecule has 140 valence electrons. The summed E-state index contributed by atoms with van der Waals surface area (Å²) >= 11 is 1.56. The van der Waals surface area contributed by atoms with Crippen molar-refractivity contribution in [2.45, 2.75) is 54.1 Å². The second kappa shape index (κ2) is 7.70. The quantitative estimate of drug-likeness (QED) is 0.741. The standard InChI is InChI=1S/C20H22N4O2S/c1-12(25)22-19-9-7-16(11-21-19)27-15-5-2-13(3-6-15)20(26)24-18-10-14-4-8-17(18)23-14/h2-3,5-7,9,11,14,17-18,23H,4,8,10H2,1H3,(H,24,26)(H,21,22,25)/t14-,17+,18-/m1/s1. The van der Waals surface area contributed by atoms with Crippen molar-refractivity contribution in [1.29, 1.82) is 0 Å². The zero-order valence-electron chi connectivity index (χ0n) is 15.1. The Morgan fingerprint density at radius 2 is 1.89 bits per heavy atom. The van der Waals surface area contributed by atoms with Crippen LogP contribution in [0, 0.1) is 0 Å². The number of pyridine rings is 1. The molecule has 1 aromatic carbocycles. The predicted octanol–water partition coefficient (Wildman–Crippen LogP) is 2.81. The summed E-state index contributed by atoms with van der Waals surface area (Å²) in [6.07, 6.45) is 5.13. The van der Waals surface area contributed by atoms with Gasteiger partial charge in [-0.25, -0.2) is 4.98 Å². The van der Waals surface area contributed by atoms with Gasteiger partial charge in [-0.05, 0) is 55.7 Å². The maximum Gasteiger partial charge on any atom is 0.251 e. The number of amides is 2. The van der Waals surface area contributed by atoms with Crippen LogP contribution in [0.2, 0.25) is 0 Å². The fourth-order valence-electron chi connectivity index (χ4n) is 3.74. The molecule has 2 saturated heterocycles. The SMILES string of the molecule is CC(=O)Nc1ccc(Sc2ccc(C(=O)N[C@@H]3C[C@H]4CC[C@@H]3N4)cc2)cn1. The van der Waals surface area contributed by atoms with E-state index in [1.807, 2.05) is 30.3 Å². The van der Waals surface area contributed by atoms with E-state index < -0.39 is 0 Å². The number of carbonyl (C=O) groups is 2. The van der Waals surface area contributed by atoms with Crippen LogP contribution in [-0.2, 0) is 4.79 Å². The molecule has 7 heteroatoms. The van der Waals surface area contributed by atoms with Gasteiger partial charge < -0.3 is 16.0 Å². The number of hydrogen-bond acceptors (Lipinski definition) is 5. The molecule has 2 fully saturated rings. The predicted molar refractivity (Wildman–Crippen MR) is 105 cm³/mol. The Balaban J connectivity index is 1.34. The molecular weight excluding hydrogens is 360 g/mol. The minimum Gasteiger partial charge on any atom is -0.348 e. The number of carbonyl (C=O) groups excluding carboxylic acids is 2. The van der Waals surface area contributed by atoms with Gasteiger partial charge in [0.2, 0.25) is 5.91 Å². The Hall–Kier alpha value is -2.38. The average Bonchev–Trinajstić information content (AvgIpc) is 3.26. The fourth-order valence-corrected chi connectivity index (χ4v) is 4.53. The Morgan fingerprint density at radius 3 is 2.48 bits per heavy atom. The molecule has 0 unspecified atom stereocenters. The van der Waals surface area contributed by atoms with Crippen molar-refractivity contribution in [3.63, 3.8) is 0 Å². The lowest BCUT2D eigenvalue weighted by molar-refractivity contribution is -0.114. The summed E-state index contributed by atoms with van der Waals surface area (Å²) in [6.45, 7) is 1.45. The van der Waals surface area contributed by atoms with Crippen LogP contribution in [0.5, 0.6) is 0 Å². The Bertz CT molecular complexity index is 838. The first kappa shape index (κ1) is 18.0. The molecule has 2 bridgehead atoms. The van der Waals surface area contributed by atoms with E-state index in [9.17, 15) is 9.59 Å². The van der Waals surface area contributed by atoms with E-state index in [0.29, 0.717) is 23.5 Å². The lowest BCUT2D eigenvalue weighted by Crippen LogP contribution is -2.42. The molecule has 0 aliphatic carbocycles. The fraction of sp³-hybridized carbons (Fsp3) is 0.350. The molecule has 2 aliphatic rings. The van der Waals surface area contributed by atoms with Crippen molar-refractivity contribution in [2.75, 3.05) is 5.32 Å². The van der Waals surface area contributed by atoms with Crippen LogP contribution in [0.15, 0.2) is 52.4 Å². The number of fused-ring (bicyclic) bond motifs is 2. The van der Waals surface area contributed by atoms with Gasteiger partial charge in [-0.1, -0.05) is 11.8 Å². The molecule has 27 heavy (non-hydrogen) atoms. The Morgan fingerprint density at radius 1 is 1.11 bits per heavy atom. The number of nitrogens with one attached hydrogen (secondary N) is 3. The second-order valence-electron chi connectivity index (χ2n) is 7.05. The highest BCUT2D eigenvalue weighted by Gasteiger charge is 2.39. The Kier molecular flexibility index (Phi) is 5.13. The van der Waals surface area contributed by atoms with E-state index in [4.69, 9.17) is 0 Å². The van der Waals surface area contributed by atoms with Crippen LogP contribution in [-0.4, -0.2) is 34.9 Å². The van der Waals surface area contributed by atoms with E-state index in [1.165, 1.54) is 13.3 Å². The van der Waals surface area contributed by atoms with Crippen molar-refractivity contribution in [3.8, 4) is 0 Å². The molecule has 0 saturated carbocycles. The zero-order valence-corrected chi connectivity index (χ0v) is 15.9. The van der Waals surface area contributed by atoms with E-state index in [2.05, 4.69) is 20.9 Å². The number of anilines is 1. The molecule has 2 amide bonds. The second-order valence-corrected chi connectivity index (χ2v) is 8.20. The third-order valence-corrected chi connectivity index (χ3v) is 5.99. The topological polar surface area (TPSA) is 83.1 Å². The first-order valence-electron chi connectivity index (χ1n) is 9.15. The molecule has 3 atom stereocenters. The minimum absolute atomic E-state index is 0.00720. The van der Waals surface area contributed by atoms with Crippen molar-refractivity contribution >= 4 is 29.4 Å². The Labute approximate surface area is 162 Å². The molecular formula is C20H22N4O2S. The summed E-state index contributed by atoms with van der Waals surface area (Å²) in [6, 6.07) is 12.5. The first-order valence-corrected chi connectivity index (χ1v) is 9.97. The molecule has 0 radical (unpaired) electrons. The van der Waals surface area contributed by atoms with Crippen molar-refractivity contribution in [3.05, 3.63) is 48.2 Å². The van der Waals surface area contributed by atoms with Gasteiger partial charge >= 0.3 is 0 Å². The van der Waals surface area contributed by atoms with Gasteiger partial charge in [0, 0.05) is 46.6 Å². The monoisotopic (exact) mass is 382 g/mol. The third-order valence-electron chi connectivity index (χ3n) is 5.01. The lowest BCUT2D eigenvalue weighted by Gasteiger charge is -2.21. The molecule has 4 rings (SSSR count). The van der Waals surface area contributed by atoms with E-state index in [1.54, 1.807) is 24.0 Å². The zero-order chi connectivity index (χ0) is 18.8. The maximum atomic E-state index is 12.5. The summed E-state index contributed by atoms with van der Waals surface area (Å²) in [7, 11) is 0. The van der Waals surface area contributed by atoms with E-state index >= 15 is 0 Å². The molecule has 3 heterocycles. The molecule has 2 aromatic rings. The van der Waals surface area contributed by atoms with Crippen LogP contribution in [0.1, 0.15) is 36.5 Å². The van der Waals surface area contributed by atoms with Crippen molar-refractivity contribution in [2.24, 2.45) is 0 Å². The van der Waals surface area contributed by atoms with Crippen LogP contribution in [0.25, 0.3) is 0 Å². The summed E-state index contributed by atoms with van der Waals surface area (Å²) in [5.74, 6) is 0.388. The number of benzene rings is 1. The van der Waals surface area contributed by atoms with Gasteiger partial charge in [0.15, 0.2) is 0 Å². The third kappa shape index (κ3) is 4.31.